The first-order valence-corrected chi connectivity index (χ1v) is 15.2. The molecule has 2 aromatic carbocycles. The van der Waals surface area contributed by atoms with Gasteiger partial charge in [0.25, 0.3) is 5.91 Å². The van der Waals surface area contributed by atoms with Crippen LogP contribution in [0.25, 0.3) is 10.9 Å². The van der Waals surface area contributed by atoms with Crippen LogP contribution in [0.3, 0.4) is 0 Å². The van der Waals surface area contributed by atoms with E-state index in [-0.39, 0.29) is 11.7 Å². The Bertz CT molecular complexity index is 1480. The summed E-state index contributed by atoms with van der Waals surface area (Å²) in [6, 6.07) is 23.1. The molecule has 0 saturated carbocycles. The lowest BCUT2D eigenvalue weighted by Crippen LogP contribution is -2.43. The molecular weight excluding hydrogens is 508 g/mol. The lowest BCUT2D eigenvalue weighted by molar-refractivity contribution is 0.0804. The lowest BCUT2D eigenvalue weighted by Gasteiger charge is -2.39. The van der Waals surface area contributed by atoms with Crippen LogP contribution in [-0.4, -0.2) is 44.8 Å². The van der Waals surface area contributed by atoms with Gasteiger partial charge in [-0.15, -0.1) is 0 Å². The Morgan fingerprint density at radius 1 is 0.927 bits per heavy atom. The number of benzene rings is 2. The van der Waals surface area contributed by atoms with Gasteiger partial charge < -0.3 is 9.88 Å². The molecule has 2 aromatic heterocycles. The predicted octanol–water partition coefficient (Wildman–Crippen LogP) is 6.43. The van der Waals surface area contributed by atoms with Crippen LogP contribution in [-0.2, 0) is 19.5 Å². The summed E-state index contributed by atoms with van der Waals surface area (Å²) in [7, 11) is 0. The third kappa shape index (κ3) is 5.98. The van der Waals surface area contributed by atoms with E-state index in [1.807, 2.05) is 48.5 Å². The quantitative estimate of drug-likeness (QED) is 0.219. The number of carbonyl (C=O) groups excluding carboxylic acids is 2. The molecule has 0 spiro atoms. The number of nitrogens with zero attached hydrogens (tertiary/aromatic N) is 3. The molecule has 0 aliphatic carbocycles. The van der Waals surface area contributed by atoms with Crippen molar-refractivity contribution in [2.45, 2.75) is 77.0 Å². The van der Waals surface area contributed by atoms with Gasteiger partial charge in [-0.25, -0.2) is 0 Å². The first-order chi connectivity index (χ1) is 20.1. The lowest BCUT2D eigenvalue weighted by atomic mass is 9.86. The zero-order valence-electron chi connectivity index (χ0n) is 24.0. The van der Waals surface area contributed by atoms with Crippen LogP contribution < -0.4 is 5.32 Å². The summed E-state index contributed by atoms with van der Waals surface area (Å²) in [5, 5.41) is 4.16. The molecule has 4 heterocycles. The van der Waals surface area contributed by atoms with Crippen LogP contribution in [0.15, 0.2) is 79.1 Å². The largest absolute Gasteiger partial charge is 0.348 e. The highest BCUT2D eigenvalue weighted by molar-refractivity contribution is 6.07. The average Bonchev–Trinajstić information content (AvgIpc) is 3.50. The minimum atomic E-state index is -0.0220. The van der Waals surface area contributed by atoms with Crippen molar-refractivity contribution in [1.29, 1.82) is 0 Å². The second-order valence-electron chi connectivity index (χ2n) is 11.7. The van der Waals surface area contributed by atoms with Crippen molar-refractivity contribution in [3.05, 3.63) is 102 Å². The Morgan fingerprint density at radius 2 is 1.71 bits per heavy atom. The maximum atomic E-state index is 13.3. The molecule has 2 aliphatic heterocycles. The number of aryl methyl sites for hydroxylation is 2. The molecule has 2 bridgehead atoms. The van der Waals surface area contributed by atoms with E-state index in [0.717, 1.165) is 55.3 Å². The molecule has 6 heteroatoms. The fourth-order valence-electron chi connectivity index (χ4n) is 7.19. The number of fused-ring (bicyclic) bond motifs is 3. The van der Waals surface area contributed by atoms with Crippen molar-refractivity contribution in [2.24, 2.45) is 5.92 Å². The first-order valence-electron chi connectivity index (χ1n) is 15.2. The number of amides is 1. The van der Waals surface area contributed by atoms with Crippen LogP contribution in [0.2, 0.25) is 0 Å². The normalized spacial score (nSPS) is 20.4. The Kier molecular flexibility index (Phi) is 8.28. The van der Waals surface area contributed by atoms with Crippen molar-refractivity contribution in [1.82, 2.24) is 19.8 Å². The molecule has 2 aliphatic rings. The zero-order chi connectivity index (χ0) is 28.2. The Hall–Kier alpha value is -3.77. The number of hydrogen-bond acceptors (Lipinski definition) is 4. The highest BCUT2D eigenvalue weighted by Crippen LogP contribution is 2.40. The minimum absolute atomic E-state index is 0.0220. The van der Waals surface area contributed by atoms with E-state index in [1.54, 1.807) is 6.20 Å². The molecule has 3 atom stereocenters. The van der Waals surface area contributed by atoms with Gasteiger partial charge in [0.2, 0.25) is 0 Å². The summed E-state index contributed by atoms with van der Waals surface area (Å²) in [5.74, 6) is 0.611. The number of para-hydroxylation sites is 1. The summed E-state index contributed by atoms with van der Waals surface area (Å²) in [5.41, 5.74) is 4.92. The number of piperidine rings is 1. The molecule has 212 valence electrons. The Labute approximate surface area is 242 Å². The maximum Gasteiger partial charge on any atom is 0.253 e. The van der Waals surface area contributed by atoms with Crippen LogP contribution in [0, 0.1) is 5.92 Å². The zero-order valence-corrected chi connectivity index (χ0v) is 24.0. The number of pyridine rings is 1. The van der Waals surface area contributed by atoms with Crippen LogP contribution in [0.5, 0.6) is 0 Å². The number of rotatable bonds is 11. The van der Waals surface area contributed by atoms with Gasteiger partial charge in [0.15, 0.2) is 5.78 Å². The van der Waals surface area contributed by atoms with E-state index in [2.05, 4.69) is 51.1 Å². The molecule has 41 heavy (non-hydrogen) atoms. The van der Waals surface area contributed by atoms with Gasteiger partial charge in [-0.2, -0.15) is 0 Å². The SMILES string of the molecule is CCc1cccc2c(C(=O)NCc3ccccc3)cn(CCCN3[C@@H]4CC[C@H]3CC(CC(=O)c3ccccn3)C4)c12. The fraction of sp³-hybridized carbons (Fsp3) is 0.400. The van der Waals surface area contributed by atoms with Gasteiger partial charge in [0.05, 0.1) is 11.1 Å². The van der Waals surface area contributed by atoms with Gasteiger partial charge >= 0.3 is 0 Å². The standard InChI is InChI=1S/C35H40N4O2/c1-2-27-12-8-13-30-31(35(41)37-23-25-10-4-3-5-11-25)24-38(34(27)30)18-9-19-39-28-15-16-29(39)21-26(20-28)22-33(40)32-14-6-7-17-36-32/h3-8,10-14,17,24,26,28-29H,2,9,15-16,18-23H2,1H3,(H,37,41)/t26?,28-,29+. The molecule has 1 amide bonds. The van der Waals surface area contributed by atoms with E-state index in [4.69, 9.17) is 0 Å². The number of aromatic nitrogens is 2. The Balaban J connectivity index is 1.10. The van der Waals surface area contributed by atoms with E-state index >= 15 is 0 Å². The smallest absolute Gasteiger partial charge is 0.253 e. The number of carbonyl (C=O) groups is 2. The minimum Gasteiger partial charge on any atom is -0.348 e. The molecule has 1 unspecified atom stereocenters. The topological polar surface area (TPSA) is 67.2 Å². The predicted molar refractivity (Wildman–Crippen MR) is 163 cm³/mol. The van der Waals surface area contributed by atoms with Crippen LogP contribution in [0.1, 0.15) is 77.4 Å². The molecule has 1 N–H and O–H groups in total. The second kappa shape index (κ2) is 12.4. The second-order valence-corrected chi connectivity index (χ2v) is 11.7. The van der Waals surface area contributed by atoms with Crippen molar-refractivity contribution in [3.8, 4) is 0 Å². The highest BCUT2D eigenvalue weighted by Gasteiger charge is 2.40. The van der Waals surface area contributed by atoms with Crippen molar-refractivity contribution in [2.75, 3.05) is 6.54 Å². The van der Waals surface area contributed by atoms with Crippen LogP contribution in [0.4, 0.5) is 0 Å². The molecule has 0 radical (unpaired) electrons. The summed E-state index contributed by atoms with van der Waals surface area (Å²) in [6.45, 7) is 4.64. The van der Waals surface area contributed by atoms with E-state index < -0.39 is 0 Å². The molecular formula is C35H40N4O2. The Morgan fingerprint density at radius 3 is 2.44 bits per heavy atom. The summed E-state index contributed by atoms with van der Waals surface area (Å²) < 4.78 is 2.31. The first kappa shape index (κ1) is 27.4. The molecule has 4 aromatic rings. The van der Waals surface area contributed by atoms with Gasteiger partial charge in [-0.05, 0) is 67.7 Å². The van der Waals surface area contributed by atoms with Gasteiger partial charge in [-0.1, -0.05) is 61.5 Å². The molecule has 2 saturated heterocycles. The number of hydrogen-bond donors (Lipinski definition) is 1. The molecule has 6 nitrogen and oxygen atoms in total. The third-order valence-corrected chi connectivity index (χ3v) is 9.13. The highest BCUT2D eigenvalue weighted by atomic mass is 16.1. The van der Waals surface area contributed by atoms with Crippen LogP contribution >= 0.6 is 0 Å². The fourth-order valence-corrected chi connectivity index (χ4v) is 7.19. The van der Waals surface area contributed by atoms with E-state index in [0.29, 0.717) is 36.7 Å². The van der Waals surface area contributed by atoms with E-state index in [9.17, 15) is 9.59 Å². The molecule has 6 rings (SSSR count). The average molecular weight is 549 g/mol. The van der Waals surface area contributed by atoms with Crippen molar-refractivity contribution >= 4 is 22.6 Å². The van der Waals surface area contributed by atoms with Crippen molar-refractivity contribution < 1.29 is 9.59 Å². The number of ketones is 1. The summed E-state index contributed by atoms with van der Waals surface area (Å²) in [4.78, 5) is 33.0. The van der Waals surface area contributed by atoms with Gasteiger partial charge in [0, 0.05) is 55.9 Å². The summed E-state index contributed by atoms with van der Waals surface area (Å²) >= 11 is 0. The van der Waals surface area contributed by atoms with Gasteiger partial charge in [-0.3, -0.25) is 19.5 Å². The monoisotopic (exact) mass is 548 g/mol. The number of Topliss-reactive ketones (excluding diaryl/α,β-unsaturated/α-hetero) is 1. The number of nitrogens with one attached hydrogen (secondary N) is 1. The van der Waals surface area contributed by atoms with Gasteiger partial charge in [0.1, 0.15) is 5.69 Å². The van der Waals surface area contributed by atoms with Crippen molar-refractivity contribution in [3.63, 3.8) is 0 Å². The van der Waals surface area contributed by atoms with E-state index in [1.165, 1.54) is 23.9 Å². The third-order valence-electron chi connectivity index (χ3n) is 9.13. The summed E-state index contributed by atoms with van der Waals surface area (Å²) in [6.07, 6.45) is 11.0. The maximum absolute atomic E-state index is 13.3. The molecule has 2 fully saturated rings.